The van der Waals surface area contributed by atoms with Crippen LogP contribution in [0.1, 0.15) is 59.1 Å². The third kappa shape index (κ3) is 11.6. The standard InChI is InChI=1S/C33H43Cl3N4O7/c1-20(2)28(29(43)38-21(3)30(44)40-15-7-10-27(39-40)31(45)46-19-33(34,35)36)37-17-32(5,18-41)47-26-13-11-23(12-14-26)25-9-6-8-24(16-25)22(4)42/h6,8-9,11-14,16,18,20-22,27-28,37,39,42H,7,10,15,17,19H2,1-5H3,(H,38,43)/t21-,22+,27-,28-,32+/m0/s1. The summed E-state index contributed by atoms with van der Waals surface area (Å²) >= 11 is 17.0. The van der Waals surface area contributed by atoms with Crippen molar-refractivity contribution in [1.82, 2.24) is 21.1 Å². The van der Waals surface area contributed by atoms with Crippen LogP contribution >= 0.6 is 34.8 Å². The number of aldehydes is 1. The number of hydrazine groups is 1. The van der Waals surface area contributed by atoms with Crippen molar-refractivity contribution in [2.24, 2.45) is 5.92 Å². The molecule has 258 valence electrons. The van der Waals surface area contributed by atoms with E-state index in [1.54, 1.807) is 32.9 Å². The van der Waals surface area contributed by atoms with E-state index in [1.165, 1.54) is 5.01 Å². The second kappa shape index (κ2) is 16.9. The van der Waals surface area contributed by atoms with Gasteiger partial charge in [0.1, 0.15) is 24.4 Å². The van der Waals surface area contributed by atoms with Gasteiger partial charge in [0.05, 0.1) is 12.1 Å². The highest BCUT2D eigenvalue weighted by atomic mass is 35.6. The van der Waals surface area contributed by atoms with Crippen LogP contribution in [0.4, 0.5) is 0 Å². The number of rotatable bonds is 14. The maximum atomic E-state index is 13.3. The third-order valence-corrected chi connectivity index (χ3v) is 7.95. The Labute approximate surface area is 290 Å². The largest absolute Gasteiger partial charge is 0.479 e. The molecule has 11 nitrogen and oxygen atoms in total. The van der Waals surface area contributed by atoms with Gasteiger partial charge in [0.2, 0.25) is 9.70 Å². The lowest BCUT2D eigenvalue weighted by Crippen LogP contribution is -2.61. The summed E-state index contributed by atoms with van der Waals surface area (Å²) in [6.45, 7) is 8.46. The second-order valence-electron chi connectivity index (χ2n) is 12.2. The summed E-state index contributed by atoms with van der Waals surface area (Å²) in [6.07, 6.45) is 1.03. The van der Waals surface area contributed by atoms with Crippen molar-refractivity contribution in [2.75, 3.05) is 19.7 Å². The number of esters is 1. The minimum atomic E-state index is -1.76. The van der Waals surface area contributed by atoms with Gasteiger partial charge in [0.25, 0.3) is 5.91 Å². The zero-order chi connectivity index (χ0) is 34.9. The maximum Gasteiger partial charge on any atom is 0.325 e. The number of hydrogen-bond donors (Lipinski definition) is 4. The molecular weight excluding hydrogens is 671 g/mol. The highest BCUT2D eigenvalue weighted by molar-refractivity contribution is 6.67. The first-order chi connectivity index (χ1) is 22.0. The number of benzene rings is 2. The first kappa shape index (κ1) is 38.5. The normalized spacial score (nSPS) is 18.4. The molecule has 1 aliphatic heterocycles. The monoisotopic (exact) mass is 712 g/mol. The van der Waals surface area contributed by atoms with Gasteiger partial charge in [-0.05, 0) is 74.4 Å². The molecule has 0 saturated carbocycles. The Morgan fingerprint density at radius 1 is 1.09 bits per heavy atom. The Bertz CT molecular complexity index is 1390. The lowest BCUT2D eigenvalue weighted by molar-refractivity contribution is -0.152. The van der Waals surface area contributed by atoms with E-state index >= 15 is 0 Å². The second-order valence-corrected chi connectivity index (χ2v) is 14.7. The number of aliphatic hydroxyl groups is 1. The van der Waals surface area contributed by atoms with E-state index in [2.05, 4.69) is 16.1 Å². The molecule has 0 radical (unpaired) electrons. The summed E-state index contributed by atoms with van der Waals surface area (Å²) in [6, 6.07) is 12.3. The van der Waals surface area contributed by atoms with E-state index in [0.717, 1.165) is 16.7 Å². The highest BCUT2D eigenvalue weighted by Crippen LogP contribution is 2.27. The van der Waals surface area contributed by atoms with Crippen LogP contribution in [0.3, 0.4) is 0 Å². The van der Waals surface area contributed by atoms with E-state index in [0.29, 0.717) is 31.4 Å². The van der Waals surface area contributed by atoms with Gasteiger partial charge in [-0.3, -0.25) is 24.2 Å². The molecule has 1 saturated heterocycles. The van der Waals surface area contributed by atoms with Crippen molar-refractivity contribution >= 4 is 58.9 Å². The molecule has 14 heteroatoms. The van der Waals surface area contributed by atoms with Gasteiger partial charge in [-0.1, -0.05) is 79.0 Å². The minimum Gasteiger partial charge on any atom is -0.479 e. The quantitative estimate of drug-likeness (QED) is 0.128. The maximum absolute atomic E-state index is 13.3. The zero-order valence-electron chi connectivity index (χ0n) is 27.1. The predicted octanol–water partition coefficient (Wildman–Crippen LogP) is 4.27. The number of alkyl halides is 3. The zero-order valence-corrected chi connectivity index (χ0v) is 29.4. The Balaban J connectivity index is 1.58. The molecule has 0 unspecified atom stereocenters. The van der Waals surface area contributed by atoms with Gasteiger partial charge in [-0.15, -0.1) is 0 Å². The lowest BCUT2D eigenvalue weighted by atomic mass is 10.0. The van der Waals surface area contributed by atoms with Crippen LogP contribution in [0.2, 0.25) is 0 Å². The van der Waals surface area contributed by atoms with Crippen molar-refractivity contribution in [2.45, 2.75) is 81.1 Å². The number of nitrogens with zero attached hydrogens (tertiary/aromatic N) is 1. The van der Waals surface area contributed by atoms with Gasteiger partial charge in [0.15, 0.2) is 11.9 Å². The molecule has 5 atom stereocenters. The first-order valence-corrected chi connectivity index (χ1v) is 16.5. The van der Waals surface area contributed by atoms with Gasteiger partial charge in [0, 0.05) is 13.1 Å². The number of nitrogens with one attached hydrogen (secondary N) is 3. The van der Waals surface area contributed by atoms with Crippen LogP contribution in [0.15, 0.2) is 48.5 Å². The van der Waals surface area contributed by atoms with Gasteiger partial charge in [-0.2, -0.15) is 0 Å². The molecule has 0 bridgehead atoms. The Hall–Kier alpha value is -2.93. The molecule has 47 heavy (non-hydrogen) atoms. The molecule has 2 aromatic rings. The first-order valence-electron chi connectivity index (χ1n) is 15.4. The van der Waals surface area contributed by atoms with Crippen LogP contribution in [0.25, 0.3) is 11.1 Å². The Morgan fingerprint density at radius 3 is 2.36 bits per heavy atom. The number of ether oxygens (including phenoxy) is 2. The molecule has 2 amide bonds. The van der Waals surface area contributed by atoms with Crippen molar-refractivity contribution in [1.29, 1.82) is 0 Å². The van der Waals surface area contributed by atoms with Gasteiger partial charge in [-0.25, -0.2) is 5.43 Å². The van der Waals surface area contributed by atoms with Crippen molar-refractivity contribution in [3.8, 4) is 16.9 Å². The van der Waals surface area contributed by atoms with Gasteiger partial charge >= 0.3 is 5.97 Å². The van der Waals surface area contributed by atoms with Crippen LogP contribution in [-0.2, 0) is 23.9 Å². The van der Waals surface area contributed by atoms with E-state index in [4.69, 9.17) is 44.3 Å². The van der Waals surface area contributed by atoms with E-state index in [1.807, 2.05) is 50.2 Å². The molecule has 4 N–H and O–H groups in total. The fourth-order valence-electron chi connectivity index (χ4n) is 4.98. The molecular formula is C33H43Cl3N4O7. The van der Waals surface area contributed by atoms with Crippen LogP contribution in [-0.4, -0.2) is 81.4 Å². The van der Waals surface area contributed by atoms with Crippen LogP contribution in [0, 0.1) is 5.92 Å². The fourth-order valence-corrected chi connectivity index (χ4v) is 5.14. The number of hydrogen-bond acceptors (Lipinski definition) is 9. The molecule has 0 aromatic heterocycles. The number of amides is 2. The molecule has 0 aliphatic carbocycles. The average molecular weight is 714 g/mol. The summed E-state index contributed by atoms with van der Waals surface area (Å²) in [5.41, 5.74) is 4.19. The molecule has 1 fully saturated rings. The van der Waals surface area contributed by atoms with Gasteiger partial charge < -0.3 is 25.2 Å². The Kier molecular flexibility index (Phi) is 13.9. The molecule has 2 aromatic carbocycles. The summed E-state index contributed by atoms with van der Waals surface area (Å²) in [4.78, 5) is 51.1. The SMILES string of the molecule is CC(C)[C@H](NC[C@](C)(C=O)Oc1ccc(-c2cccc([C@@H](C)O)c2)cc1)C(=O)N[C@@H](C)C(=O)N1CCC[C@@H](C(=O)OCC(Cl)(Cl)Cl)N1. The fraction of sp³-hybridized carbons (Fsp3) is 0.515. The summed E-state index contributed by atoms with van der Waals surface area (Å²) < 4.78 is 9.33. The third-order valence-electron chi connectivity index (χ3n) is 7.62. The Morgan fingerprint density at radius 2 is 1.77 bits per heavy atom. The number of aliphatic hydroxyl groups excluding tert-OH is 1. The van der Waals surface area contributed by atoms with Crippen LogP contribution in [0.5, 0.6) is 5.75 Å². The molecule has 1 heterocycles. The molecule has 1 aliphatic rings. The molecule has 0 spiro atoms. The highest BCUT2D eigenvalue weighted by Gasteiger charge is 2.35. The number of carbonyl (C=O) groups excluding carboxylic acids is 4. The van der Waals surface area contributed by atoms with E-state index in [-0.39, 0.29) is 12.5 Å². The summed E-state index contributed by atoms with van der Waals surface area (Å²) in [5, 5.41) is 17.1. The predicted molar refractivity (Wildman–Crippen MR) is 181 cm³/mol. The van der Waals surface area contributed by atoms with Crippen molar-refractivity contribution < 1.29 is 33.8 Å². The number of carbonyl (C=O) groups is 4. The lowest BCUT2D eigenvalue weighted by Gasteiger charge is -2.35. The van der Waals surface area contributed by atoms with Crippen LogP contribution < -0.4 is 20.8 Å². The minimum absolute atomic E-state index is 0.0128. The van der Waals surface area contributed by atoms with E-state index < -0.39 is 58.0 Å². The number of halogens is 3. The summed E-state index contributed by atoms with van der Waals surface area (Å²) in [7, 11) is 0. The molecule has 3 rings (SSSR count). The van der Waals surface area contributed by atoms with Crippen molar-refractivity contribution in [3.05, 3.63) is 54.1 Å². The smallest absolute Gasteiger partial charge is 0.325 e. The van der Waals surface area contributed by atoms with Crippen molar-refractivity contribution in [3.63, 3.8) is 0 Å². The topological polar surface area (TPSA) is 146 Å². The summed E-state index contributed by atoms with van der Waals surface area (Å²) in [5.74, 6) is -1.27. The average Bonchev–Trinajstić information content (AvgIpc) is 3.03. The van der Waals surface area contributed by atoms with E-state index in [9.17, 15) is 24.3 Å².